The van der Waals surface area contributed by atoms with Crippen LogP contribution in [0.3, 0.4) is 0 Å². The highest BCUT2D eigenvalue weighted by molar-refractivity contribution is 5.84. The minimum atomic E-state index is -4.66. The normalized spacial score (nSPS) is 15.4. The van der Waals surface area contributed by atoms with Gasteiger partial charge in [-0.15, -0.1) is 0 Å². The number of nitrogens with one attached hydrogen (secondary N) is 2. The summed E-state index contributed by atoms with van der Waals surface area (Å²) in [5.74, 6) is -1.23. The van der Waals surface area contributed by atoms with Crippen LogP contribution in [0.1, 0.15) is 28.3 Å². The van der Waals surface area contributed by atoms with E-state index in [0.29, 0.717) is 25.1 Å². The van der Waals surface area contributed by atoms with Gasteiger partial charge in [0.15, 0.2) is 0 Å². The molecule has 136 valence electrons. The van der Waals surface area contributed by atoms with E-state index >= 15 is 0 Å². The van der Waals surface area contributed by atoms with E-state index in [1.54, 1.807) is 0 Å². The Morgan fingerprint density at radius 2 is 2.00 bits per heavy atom. The molecule has 1 aromatic carbocycles. The maximum Gasteiger partial charge on any atom is 0.449 e. The Morgan fingerprint density at radius 1 is 1.23 bits per heavy atom. The average molecular weight is 362 g/mol. The number of halogens is 3. The fraction of sp³-hybridized carbons (Fsp3) is 0.333. The van der Waals surface area contributed by atoms with Crippen molar-refractivity contribution in [3.8, 4) is 0 Å². The molecule has 0 radical (unpaired) electrons. The molecule has 0 unspecified atom stereocenters. The molecule has 1 aliphatic rings. The van der Waals surface area contributed by atoms with E-state index in [1.807, 2.05) is 41.1 Å². The summed E-state index contributed by atoms with van der Waals surface area (Å²) < 4.78 is 38.8. The van der Waals surface area contributed by atoms with Crippen molar-refractivity contribution in [2.45, 2.75) is 32.6 Å². The highest BCUT2D eigenvalue weighted by atomic mass is 19.4. The van der Waals surface area contributed by atoms with Gasteiger partial charge in [-0.2, -0.15) is 13.2 Å². The van der Waals surface area contributed by atoms with Crippen molar-refractivity contribution in [3.05, 3.63) is 63.0 Å². The monoisotopic (exact) mass is 362 g/mol. The van der Waals surface area contributed by atoms with Crippen LogP contribution in [0, 0.1) is 6.92 Å². The summed E-state index contributed by atoms with van der Waals surface area (Å²) in [5.41, 5.74) is 3.06. The summed E-state index contributed by atoms with van der Waals surface area (Å²) in [6, 6.07) is 7.93. The molecular weight excluding hydrogens is 345 g/mol. The number of benzene rings is 1. The molecule has 0 atom stereocenters. The second-order valence-electron chi connectivity index (χ2n) is 6.57. The molecule has 0 saturated heterocycles. The molecule has 0 spiro atoms. The molecule has 0 amide bonds. The number of hydrogen-bond donors (Lipinski definition) is 2. The molecule has 3 aromatic rings. The number of aryl methyl sites for hydroxylation is 1. The van der Waals surface area contributed by atoms with Gasteiger partial charge in [-0.1, -0.05) is 18.2 Å². The minimum Gasteiger partial charge on any atom is -0.358 e. The van der Waals surface area contributed by atoms with Gasteiger partial charge in [0.1, 0.15) is 0 Å². The standard InChI is InChI=1S/C18H17F3N4O/c1-10-13(11-4-2-3-5-14(11)22-10)8-25-7-6-12-15(9-25)23-17(18(19,20)21)24-16(12)26/h2-5,22H,6-9H2,1H3,(H,23,24,26). The summed E-state index contributed by atoms with van der Waals surface area (Å²) in [6.07, 6.45) is -4.28. The van der Waals surface area contributed by atoms with E-state index in [2.05, 4.69) is 9.97 Å². The minimum absolute atomic E-state index is 0.213. The summed E-state index contributed by atoms with van der Waals surface area (Å²) in [4.78, 5) is 22.9. The van der Waals surface area contributed by atoms with Gasteiger partial charge < -0.3 is 9.97 Å². The van der Waals surface area contributed by atoms with Gasteiger partial charge >= 0.3 is 6.18 Å². The van der Waals surface area contributed by atoms with Gasteiger partial charge in [-0.25, -0.2) is 4.98 Å². The predicted octanol–water partition coefficient (Wildman–Crippen LogP) is 3.14. The zero-order valence-corrected chi connectivity index (χ0v) is 14.1. The van der Waals surface area contributed by atoms with E-state index < -0.39 is 17.6 Å². The highest BCUT2D eigenvalue weighted by Crippen LogP contribution is 2.28. The summed E-state index contributed by atoms with van der Waals surface area (Å²) in [7, 11) is 0. The Morgan fingerprint density at radius 3 is 2.77 bits per heavy atom. The van der Waals surface area contributed by atoms with E-state index in [-0.39, 0.29) is 12.2 Å². The van der Waals surface area contributed by atoms with Gasteiger partial charge in [-0.05, 0) is 25.0 Å². The summed E-state index contributed by atoms with van der Waals surface area (Å²) >= 11 is 0. The third-order valence-corrected chi connectivity index (χ3v) is 4.83. The number of alkyl halides is 3. The first-order chi connectivity index (χ1) is 12.3. The first-order valence-electron chi connectivity index (χ1n) is 8.30. The lowest BCUT2D eigenvalue weighted by molar-refractivity contribution is -0.145. The Labute approximate surface area is 146 Å². The molecule has 3 heterocycles. The van der Waals surface area contributed by atoms with Crippen molar-refractivity contribution in [1.82, 2.24) is 19.9 Å². The Balaban J connectivity index is 1.65. The van der Waals surface area contributed by atoms with E-state index in [4.69, 9.17) is 0 Å². The maximum atomic E-state index is 12.9. The van der Waals surface area contributed by atoms with Crippen molar-refractivity contribution in [2.24, 2.45) is 0 Å². The van der Waals surface area contributed by atoms with E-state index in [0.717, 1.165) is 22.2 Å². The molecule has 0 fully saturated rings. The van der Waals surface area contributed by atoms with Crippen LogP contribution in [-0.4, -0.2) is 26.4 Å². The number of rotatable bonds is 2. The zero-order valence-electron chi connectivity index (χ0n) is 14.1. The molecule has 26 heavy (non-hydrogen) atoms. The number of hydrogen-bond acceptors (Lipinski definition) is 3. The summed E-state index contributed by atoms with van der Waals surface area (Å²) in [6.45, 7) is 3.40. The van der Waals surface area contributed by atoms with Crippen molar-refractivity contribution in [2.75, 3.05) is 6.54 Å². The number of H-pyrrole nitrogens is 2. The number of nitrogens with zero attached hydrogens (tertiary/aromatic N) is 2. The van der Waals surface area contributed by atoms with Crippen LogP contribution >= 0.6 is 0 Å². The first-order valence-corrected chi connectivity index (χ1v) is 8.30. The number of fused-ring (bicyclic) bond motifs is 2. The molecular formula is C18H17F3N4O. The average Bonchev–Trinajstić information content (AvgIpc) is 2.89. The molecule has 8 heteroatoms. The second-order valence-corrected chi connectivity index (χ2v) is 6.57. The van der Waals surface area contributed by atoms with Gasteiger partial charge in [0.05, 0.1) is 5.69 Å². The largest absolute Gasteiger partial charge is 0.449 e. The smallest absolute Gasteiger partial charge is 0.358 e. The third-order valence-electron chi connectivity index (χ3n) is 4.83. The van der Waals surface area contributed by atoms with Gasteiger partial charge in [0.25, 0.3) is 5.56 Å². The van der Waals surface area contributed by atoms with Gasteiger partial charge in [-0.3, -0.25) is 9.69 Å². The predicted molar refractivity (Wildman–Crippen MR) is 90.7 cm³/mol. The Hall–Kier alpha value is -2.61. The van der Waals surface area contributed by atoms with Crippen molar-refractivity contribution in [1.29, 1.82) is 0 Å². The molecule has 5 nitrogen and oxygen atoms in total. The van der Waals surface area contributed by atoms with Crippen LogP contribution in [0.25, 0.3) is 10.9 Å². The van der Waals surface area contributed by atoms with Crippen LogP contribution < -0.4 is 5.56 Å². The third kappa shape index (κ3) is 2.90. The lowest BCUT2D eigenvalue weighted by atomic mass is 10.0. The zero-order chi connectivity index (χ0) is 18.5. The Kier molecular flexibility index (Phi) is 3.87. The van der Waals surface area contributed by atoms with Crippen molar-refractivity contribution in [3.63, 3.8) is 0 Å². The van der Waals surface area contributed by atoms with Crippen molar-refractivity contribution < 1.29 is 13.2 Å². The van der Waals surface area contributed by atoms with Crippen LogP contribution in [0.2, 0.25) is 0 Å². The van der Waals surface area contributed by atoms with Gasteiger partial charge in [0, 0.05) is 41.8 Å². The number of aromatic amines is 2. The molecule has 0 bridgehead atoms. The van der Waals surface area contributed by atoms with Crippen LogP contribution in [0.4, 0.5) is 13.2 Å². The molecule has 4 rings (SSSR count). The molecule has 2 N–H and O–H groups in total. The lowest BCUT2D eigenvalue weighted by Crippen LogP contribution is -2.36. The Bertz CT molecular complexity index is 1040. The number of para-hydroxylation sites is 1. The molecule has 0 saturated carbocycles. The fourth-order valence-corrected chi connectivity index (χ4v) is 3.53. The molecule has 0 aliphatic carbocycles. The molecule has 2 aromatic heterocycles. The topological polar surface area (TPSA) is 64.8 Å². The van der Waals surface area contributed by atoms with E-state index in [1.165, 1.54) is 0 Å². The van der Waals surface area contributed by atoms with Gasteiger partial charge in [0.2, 0.25) is 5.82 Å². The van der Waals surface area contributed by atoms with Crippen LogP contribution in [0.15, 0.2) is 29.1 Å². The lowest BCUT2D eigenvalue weighted by Gasteiger charge is -2.28. The highest BCUT2D eigenvalue weighted by Gasteiger charge is 2.36. The maximum absolute atomic E-state index is 12.9. The number of aromatic nitrogens is 3. The molecule has 1 aliphatic heterocycles. The van der Waals surface area contributed by atoms with Crippen LogP contribution in [-0.2, 0) is 25.7 Å². The van der Waals surface area contributed by atoms with E-state index in [9.17, 15) is 18.0 Å². The second kappa shape index (κ2) is 5.98. The quantitative estimate of drug-likeness (QED) is 0.736. The van der Waals surface area contributed by atoms with Crippen molar-refractivity contribution >= 4 is 10.9 Å². The fourth-order valence-electron chi connectivity index (χ4n) is 3.53. The SMILES string of the molecule is Cc1[nH]c2ccccc2c1CN1CCc2c(nc(C(F)(F)F)[nH]c2=O)C1. The van der Waals surface area contributed by atoms with Crippen LogP contribution in [0.5, 0.6) is 0 Å². The first kappa shape index (κ1) is 16.8. The summed E-state index contributed by atoms with van der Waals surface area (Å²) in [5, 5.41) is 1.10.